The molecule has 0 aromatic heterocycles. The zero-order valence-corrected chi connectivity index (χ0v) is 28.9. The van der Waals surface area contributed by atoms with Crippen LogP contribution in [0.5, 0.6) is 0 Å². The predicted molar refractivity (Wildman–Crippen MR) is 166 cm³/mol. The highest BCUT2D eigenvalue weighted by Gasteiger charge is 2.17. The Morgan fingerprint density at radius 1 is 0.455 bits per heavy atom. The van der Waals surface area contributed by atoms with Crippen LogP contribution >= 0.6 is 202 Å². The van der Waals surface area contributed by atoms with Gasteiger partial charge in [0.1, 0.15) is 0 Å². The van der Waals surface area contributed by atoms with E-state index < -0.39 is 0 Å². The van der Waals surface area contributed by atoms with E-state index in [-0.39, 0.29) is 0 Å². The van der Waals surface area contributed by atoms with E-state index in [1.165, 1.54) is 38.4 Å². The molecular weight excluding hydrogens is 1220 g/mol. The summed E-state index contributed by atoms with van der Waals surface area (Å²) in [5.74, 6) is 0. The van der Waals surface area contributed by atoms with E-state index in [4.69, 9.17) is 0 Å². The van der Waals surface area contributed by atoms with Gasteiger partial charge < -0.3 is 0 Å². The number of hydrogen-bond acceptors (Lipinski definition) is 2. The first kappa shape index (κ1) is 23.3. The van der Waals surface area contributed by atoms with Crippen LogP contribution in [0.1, 0.15) is 0 Å². The molecule has 0 atom stereocenters. The lowest BCUT2D eigenvalue weighted by atomic mass is 10.4. The van der Waals surface area contributed by atoms with Crippen LogP contribution in [0.15, 0.2) is 21.9 Å². The average Bonchev–Trinajstić information content (AvgIpc) is 2.45. The van der Waals surface area contributed by atoms with E-state index in [1.54, 1.807) is 0 Å². The van der Waals surface area contributed by atoms with E-state index in [9.17, 15) is 0 Å². The monoisotopic (exact) mass is 1230 g/mol. The molecule has 0 aliphatic carbocycles. The van der Waals surface area contributed by atoms with Crippen molar-refractivity contribution in [3.63, 3.8) is 0 Å². The van der Waals surface area contributed by atoms with Gasteiger partial charge >= 0.3 is 0 Å². The van der Waals surface area contributed by atoms with E-state index in [0.29, 0.717) is 0 Å². The fourth-order valence-electron chi connectivity index (χ4n) is 1.34. The Kier molecular flexibility index (Phi) is 11.3. The maximum atomic E-state index is 2.47. The highest BCUT2D eigenvalue weighted by atomic mass is 127. The first-order valence-electron chi connectivity index (χ1n) is 5.24. The minimum atomic E-state index is 1.33. The Labute approximate surface area is 246 Å². The van der Waals surface area contributed by atoms with Gasteiger partial charge in [-0.3, -0.25) is 0 Å². The Morgan fingerprint density at radius 2 is 0.773 bits per heavy atom. The normalized spacial score (nSPS) is 11.1. The molecule has 0 unspecified atom stereocenters. The third-order valence-corrected chi connectivity index (χ3v) is 18.3. The van der Waals surface area contributed by atoms with Crippen LogP contribution in [0.2, 0.25) is 0 Å². The minimum Gasteiger partial charge on any atom is -0.0502 e. The van der Waals surface area contributed by atoms with Crippen LogP contribution in [-0.2, 0) is 0 Å². The number of hydrogen-bond donors (Lipinski definition) is 0. The third-order valence-electron chi connectivity index (χ3n) is 2.35. The van der Waals surface area contributed by atoms with Crippen molar-refractivity contribution in [2.45, 2.75) is 9.79 Å². The lowest BCUT2D eigenvalue weighted by Gasteiger charge is -2.13. The van der Waals surface area contributed by atoms with Gasteiger partial charge in [0.25, 0.3) is 0 Å². The summed E-state index contributed by atoms with van der Waals surface area (Å²) >= 11 is 19.5. The van der Waals surface area contributed by atoms with E-state index in [2.05, 4.69) is 193 Å². The molecule has 0 radical (unpaired) electrons. The van der Waals surface area contributed by atoms with Gasteiger partial charge in [-0.2, -0.15) is 0 Å². The Hall–Kier alpha value is 4.98. The second-order valence-electron chi connectivity index (χ2n) is 3.76. The van der Waals surface area contributed by atoms with Crippen LogP contribution in [-0.4, -0.2) is 0 Å². The van der Waals surface area contributed by atoms with Crippen molar-refractivity contribution in [2.75, 3.05) is 0 Å². The van der Waals surface area contributed by atoms with Gasteiger partial charge in [-0.1, -0.05) is 21.6 Å². The van der Waals surface area contributed by atoms with Crippen LogP contribution in [0.3, 0.4) is 0 Å². The van der Waals surface area contributed by atoms with Crippen LogP contribution < -0.4 is 0 Å². The Bertz CT molecular complexity index is 683. The lowest BCUT2D eigenvalue weighted by Crippen LogP contribution is -1.94. The predicted octanol–water partition coefficient (Wildman–Crippen LogP) is 9.32. The lowest BCUT2D eigenvalue weighted by molar-refractivity contribution is 1.30. The van der Waals surface area contributed by atoms with Crippen LogP contribution in [0.4, 0.5) is 0 Å². The van der Waals surface area contributed by atoms with Crippen molar-refractivity contribution in [2.24, 2.45) is 0 Å². The minimum absolute atomic E-state index is 1.33. The molecule has 0 aliphatic rings. The van der Waals surface area contributed by atoms with Crippen LogP contribution in [0.25, 0.3) is 0 Å². The van der Waals surface area contributed by atoms with Gasteiger partial charge in [0.2, 0.25) is 0 Å². The zero-order chi connectivity index (χ0) is 16.6. The van der Waals surface area contributed by atoms with Crippen molar-refractivity contribution in [3.05, 3.63) is 40.7 Å². The number of rotatable bonds is 3. The summed E-state index contributed by atoms with van der Waals surface area (Å²) in [6, 6.07) is 4.53. The first-order valence-corrected chi connectivity index (χ1v) is 16.0. The number of benzene rings is 2. The summed E-state index contributed by atoms with van der Waals surface area (Å²) in [6.07, 6.45) is 0. The summed E-state index contributed by atoms with van der Waals surface area (Å²) in [4.78, 5) is 2.74. The number of halogens is 8. The fourth-order valence-corrected chi connectivity index (χ4v) is 14.7. The van der Waals surface area contributed by atoms with Gasteiger partial charge in [0.15, 0.2) is 0 Å². The molecule has 0 saturated carbocycles. The molecule has 22 heavy (non-hydrogen) atoms. The van der Waals surface area contributed by atoms with E-state index in [0.717, 1.165) is 0 Å². The molecule has 0 heterocycles. The summed E-state index contributed by atoms with van der Waals surface area (Å²) in [5.41, 5.74) is 0. The summed E-state index contributed by atoms with van der Waals surface area (Å²) < 4.78 is 10.7. The molecule has 0 aliphatic heterocycles. The largest absolute Gasteiger partial charge is 0.0502 e. The Morgan fingerprint density at radius 3 is 1.09 bits per heavy atom. The molecule has 2 aromatic carbocycles. The summed E-state index contributed by atoms with van der Waals surface area (Å²) in [6.45, 7) is 0. The summed E-state index contributed by atoms with van der Waals surface area (Å²) in [7, 11) is 3.74. The maximum absolute atomic E-state index is 2.47. The maximum Gasteiger partial charge on any atom is 0.0464 e. The molecule has 0 fully saturated rings. The quantitative estimate of drug-likeness (QED) is 0.130. The highest BCUT2D eigenvalue weighted by Crippen LogP contribution is 2.47. The van der Waals surface area contributed by atoms with Crippen molar-refractivity contribution < 1.29 is 0 Å². The average molecular weight is 1230 g/mol. The van der Waals surface area contributed by atoms with Gasteiger partial charge in [0.05, 0.1) is 0 Å². The van der Waals surface area contributed by atoms with Crippen LogP contribution in [0, 0.1) is 28.6 Å². The molecular formula is C12H2I8S2. The fraction of sp³-hybridized carbons (Fsp3) is 0. The molecule has 0 bridgehead atoms. The second kappa shape index (κ2) is 10.7. The van der Waals surface area contributed by atoms with Crippen molar-refractivity contribution in [1.29, 1.82) is 0 Å². The molecule has 2 rings (SSSR count). The highest BCUT2D eigenvalue weighted by molar-refractivity contribution is 14.1. The van der Waals surface area contributed by atoms with Gasteiger partial charge in [0, 0.05) is 38.4 Å². The molecule has 0 amide bonds. The standard InChI is InChI=1S/C12H2I8S2/c13-3-1-5(15)11(9(19)7(3)17)21-22-12-6(16)2-4(14)8(18)10(12)20/h1-2H. The molecule has 0 N–H and O–H groups in total. The van der Waals surface area contributed by atoms with E-state index in [1.807, 2.05) is 21.6 Å². The third kappa shape index (κ3) is 5.75. The first-order chi connectivity index (χ1) is 10.2. The summed E-state index contributed by atoms with van der Waals surface area (Å²) in [5, 5.41) is 0. The topological polar surface area (TPSA) is 0 Å². The smallest absolute Gasteiger partial charge is 0.0464 e. The second-order valence-corrected chi connectivity index (χ2v) is 14.9. The molecule has 2 aromatic rings. The molecule has 0 spiro atoms. The molecule has 118 valence electrons. The van der Waals surface area contributed by atoms with Gasteiger partial charge in [-0.15, -0.1) is 0 Å². The van der Waals surface area contributed by atoms with Gasteiger partial charge in [-0.25, -0.2) is 0 Å². The van der Waals surface area contributed by atoms with Crippen molar-refractivity contribution in [1.82, 2.24) is 0 Å². The molecule has 0 nitrogen and oxygen atoms in total. The van der Waals surface area contributed by atoms with Crippen molar-refractivity contribution in [3.8, 4) is 0 Å². The van der Waals surface area contributed by atoms with Gasteiger partial charge in [-0.05, 0) is 193 Å². The molecule has 0 saturated heterocycles. The SMILES string of the molecule is Ic1cc(I)c(SSc2c(I)cc(I)c(I)c2I)c(I)c1I. The molecule has 10 heteroatoms. The zero-order valence-electron chi connectivity index (χ0n) is 9.99. The van der Waals surface area contributed by atoms with Crippen molar-refractivity contribution >= 4 is 202 Å². The van der Waals surface area contributed by atoms with E-state index >= 15 is 0 Å². The Balaban J connectivity index is 2.36.